The van der Waals surface area contributed by atoms with Gasteiger partial charge >= 0.3 is 18.3 Å². The molecule has 0 radical (unpaired) electrons. The molecule has 0 aliphatic heterocycles. The van der Waals surface area contributed by atoms with Gasteiger partial charge in [0, 0.05) is 0 Å². The summed E-state index contributed by atoms with van der Waals surface area (Å²) in [7, 11) is 0. The molecule has 0 saturated heterocycles. The van der Waals surface area contributed by atoms with Crippen LogP contribution in [0.3, 0.4) is 0 Å². The van der Waals surface area contributed by atoms with Crippen LogP contribution in [-0.4, -0.2) is 24.9 Å². The number of alkyl halides is 3. The van der Waals surface area contributed by atoms with Crippen LogP contribution in [-0.2, 0) is 14.3 Å². The van der Waals surface area contributed by atoms with Gasteiger partial charge in [0.05, 0.1) is 6.61 Å². The van der Waals surface area contributed by atoms with E-state index in [2.05, 4.69) is 9.47 Å². The highest BCUT2D eigenvalue weighted by molar-refractivity contribution is 5.85. The van der Waals surface area contributed by atoms with Crippen molar-refractivity contribution in [1.82, 2.24) is 0 Å². The van der Waals surface area contributed by atoms with Gasteiger partial charge in [-0.05, 0) is 6.92 Å². The Bertz CT molecular complexity index is 186. The lowest BCUT2D eigenvalue weighted by molar-refractivity contribution is -0.195. The summed E-state index contributed by atoms with van der Waals surface area (Å²) in [6.45, 7) is 1.20. The summed E-state index contributed by atoms with van der Waals surface area (Å²) in [6, 6.07) is 0. The fourth-order valence-corrected chi connectivity index (χ4v) is 0.281. The Hall–Kier alpha value is -1.27. The first-order chi connectivity index (χ1) is 5.38. The molecule has 0 fully saturated rings. The van der Waals surface area contributed by atoms with Gasteiger partial charge in [0.25, 0.3) is 0 Å². The normalized spacial score (nSPS) is 10.7. The number of carbonyl (C=O) groups is 2. The van der Waals surface area contributed by atoms with E-state index in [4.69, 9.17) is 0 Å². The molecular formula is C5H5F3O4. The summed E-state index contributed by atoms with van der Waals surface area (Å²) < 4.78 is 41.3. The zero-order valence-corrected chi connectivity index (χ0v) is 5.97. The predicted octanol–water partition coefficient (Wildman–Crippen LogP) is 1.25. The molecule has 0 saturated carbocycles. The van der Waals surface area contributed by atoms with Gasteiger partial charge in [-0.1, -0.05) is 0 Å². The molecule has 0 amide bonds. The van der Waals surface area contributed by atoms with Crippen molar-refractivity contribution in [2.24, 2.45) is 0 Å². The molecule has 0 heterocycles. The molecule has 4 nitrogen and oxygen atoms in total. The van der Waals surface area contributed by atoms with Crippen molar-refractivity contribution >= 4 is 12.1 Å². The van der Waals surface area contributed by atoms with E-state index in [1.54, 1.807) is 0 Å². The van der Waals surface area contributed by atoms with Crippen LogP contribution in [0.1, 0.15) is 6.92 Å². The third-order valence-electron chi connectivity index (χ3n) is 0.670. The van der Waals surface area contributed by atoms with Crippen LogP contribution in [0.4, 0.5) is 18.0 Å². The summed E-state index contributed by atoms with van der Waals surface area (Å²) in [4.78, 5) is 20.0. The lowest BCUT2D eigenvalue weighted by atomic mass is 10.7. The maximum atomic E-state index is 11.4. The van der Waals surface area contributed by atoms with Crippen molar-refractivity contribution in [3.05, 3.63) is 0 Å². The van der Waals surface area contributed by atoms with Gasteiger partial charge in [-0.25, -0.2) is 9.59 Å². The van der Waals surface area contributed by atoms with Crippen LogP contribution < -0.4 is 0 Å². The number of hydrogen-bond acceptors (Lipinski definition) is 4. The minimum Gasteiger partial charge on any atom is -0.434 e. The Kier molecular flexibility index (Phi) is 3.52. The average Bonchev–Trinajstić information content (AvgIpc) is 1.85. The predicted molar refractivity (Wildman–Crippen MR) is 29.2 cm³/mol. The van der Waals surface area contributed by atoms with Crippen molar-refractivity contribution in [1.29, 1.82) is 0 Å². The second kappa shape index (κ2) is 3.93. The highest BCUT2D eigenvalue weighted by Crippen LogP contribution is 2.16. The van der Waals surface area contributed by atoms with E-state index in [1.165, 1.54) is 6.92 Å². The van der Waals surface area contributed by atoms with E-state index < -0.39 is 18.3 Å². The molecule has 0 aromatic rings. The van der Waals surface area contributed by atoms with Crippen LogP contribution in [0.5, 0.6) is 0 Å². The SMILES string of the molecule is CCOC(=O)OC(=O)C(F)(F)F. The molecule has 70 valence electrons. The monoisotopic (exact) mass is 186 g/mol. The van der Waals surface area contributed by atoms with Crippen LogP contribution in [0, 0.1) is 0 Å². The smallest absolute Gasteiger partial charge is 0.434 e. The molecule has 0 unspecified atom stereocenters. The van der Waals surface area contributed by atoms with Crippen LogP contribution in [0.15, 0.2) is 0 Å². The second-order valence-corrected chi connectivity index (χ2v) is 1.57. The quantitative estimate of drug-likeness (QED) is 0.456. The number of halogens is 3. The first-order valence-corrected chi connectivity index (χ1v) is 2.83. The number of esters is 1. The van der Waals surface area contributed by atoms with Crippen LogP contribution >= 0.6 is 0 Å². The van der Waals surface area contributed by atoms with E-state index in [-0.39, 0.29) is 6.61 Å². The fraction of sp³-hybridized carbons (Fsp3) is 0.600. The Morgan fingerprint density at radius 3 is 2.17 bits per heavy atom. The van der Waals surface area contributed by atoms with E-state index in [1.807, 2.05) is 0 Å². The van der Waals surface area contributed by atoms with Crippen molar-refractivity contribution < 1.29 is 32.2 Å². The van der Waals surface area contributed by atoms with E-state index in [0.29, 0.717) is 0 Å². The number of hydrogen-bond donors (Lipinski definition) is 0. The van der Waals surface area contributed by atoms with Crippen molar-refractivity contribution in [2.45, 2.75) is 13.1 Å². The van der Waals surface area contributed by atoms with Crippen LogP contribution in [0.25, 0.3) is 0 Å². The molecule has 7 heteroatoms. The molecule has 12 heavy (non-hydrogen) atoms. The maximum Gasteiger partial charge on any atom is 0.516 e. The number of carbonyl (C=O) groups excluding carboxylic acids is 2. The Labute approximate surface area is 65.2 Å². The topological polar surface area (TPSA) is 52.6 Å². The van der Waals surface area contributed by atoms with Crippen molar-refractivity contribution in [3.8, 4) is 0 Å². The summed E-state index contributed by atoms with van der Waals surface area (Å²) in [5, 5.41) is 0. The van der Waals surface area contributed by atoms with Gasteiger partial charge in [-0.15, -0.1) is 0 Å². The molecule has 0 aliphatic carbocycles. The van der Waals surface area contributed by atoms with Gasteiger partial charge in [-0.2, -0.15) is 13.2 Å². The largest absolute Gasteiger partial charge is 0.516 e. The van der Waals surface area contributed by atoms with Crippen molar-refractivity contribution in [3.63, 3.8) is 0 Å². The summed E-state index contributed by atoms with van der Waals surface area (Å²) >= 11 is 0. The molecule has 0 aromatic carbocycles. The lowest BCUT2D eigenvalue weighted by Crippen LogP contribution is -2.28. The molecular weight excluding hydrogens is 181 g/mol. The summed E-state index contributed by atoms with van der Waals surface area (Å²) in [6.07, 6.45) is -6.83. The minimum atomic E-state index is -5.17. The van der Waals surface area contributed by atoms with E-state index in [9.17, 15) is 22.8 Å². The highest BCUT2D eigenvalue weighted by Gasteiger charge is 2.42. The third-order valence-corrected chi connectivity index (χ3v) is 0.670. The van der Waals surface area contributed by atoms with Gasteiger partial charge in [0.1, 0.15) is 0 Å². The first-order valence-electron chi connectivity index (χ1n) is 2.83. The van der Waals surface area contributed by atoms with Crippen molar-refractivity contribution in [2.75, 3.05) is 6.61 Å². The van der Waals surface area contributed by atoms with E-state index in [0.717, 1.165) is 0 Å². The second-order valence-electron chi connectivity index (χ2n) is 1.57. The van der Waals surface area contributed by atoms with Gasteiger partial charge < -0.3 is 9.47 Å². The maximum absolute atomic E-state index is 11.4. The third kappa shape index (κ3) is 3.79. The molecule has 0 rings (SSSR count). The minimum absolute atomic E-state index is 0.163. The van der Waals surface area contributed by atoms with Crippen LogP contribution in [0.2, 0.25) is 0 Å². The van der Waals surface area contributed by atoms with E-state index >= 15 is 0 Å². The Balaban J connectivity index is 3.94. The molecule has 0 spiro atoms. The summed E-state index contributed by atoms with van der Waals surface area (Å²) in [5.74, 6) is -2.58. The molecule has 0 bridgehead atoms. The average molecular weight is 186 g/mol. The standard InChI is InChI=1S/C5H5F3O4/c1-2-11-4(10)12-3(9)5(6,7)8/h2H2,1H3. The Morgan fingerprint density at radius 1 is 1.33 bits per heavy atom. The highest BCUT2D eigenvalue weighted by atomic mass is 19.4. The lowest BCUT2D eigenvalue weighted by Gasteiger charge is -2.04. The molecule has 0 atom stereocenters. The Morgan fingerprint density at radius 2 is 1.83 bits per heavy atom. The zero-order chi connectivity index (χ0) is 9.78. The molecule has 0 aromatic heterocycles. The fourth-order valence-electron chi connectivity index (χ4n) is 0.281. The molecule has 0 aliphatic rings. The summed E-state index contributed by atoms with van der Waals surface area (Å²) in [5.41, 5.74) is 0. The number of rotatable bonds is 1. The number of ether oxygens (including phenoxy) is 2. The first kappa shape index (κ1) is 10.7. The van der Waals surface area contributed by atoms with Gasteiger partial charge in [-0.3, -0.25) is 0 Å². The zero-order valence-electron chi connectivity index (χ0n) is 5.97. The molecule has 0 N–H and O–H groups in total. The van der Waals surface area contributed by atoms with Gasteiger partial charge in [0.15, 0.2) is 0 Å². The van der Waals surface area contributed by atoms with Gasteiger partial charge in [0.2, 0.25) is 0 Å².